The fourth-order valence-electron chi connectivity index (χ4n) is 3.47. The molecule has 3 aromatic rings. The Hall–Kier alpha value is -2.31. The first-order valence-electron chi connectivity index (χ1n) is 9.82. The average molecular weight is 430 g/mol. The molecule has 1 fully saturated rings. The topological polar surface area (TPSA) is 45.7 Å². The van der Waals surface area contributed by atoms with Gasteiger partial charge in [-0.3, -0.25) is 4.79 Å². The Kier molecular flexibility index (Phi) is 5.92. The molecule has 5 nitrogen and oxygen atoms in total. The number of hydrogen-bond donors (Lipinski definition) is 0. The number of piperazine rings is 1. The molecular weight excluding hydrogens is 406 g/mol. The molecule has 1 amide bonds. The van der Waals surface area contributed by atoms with Crippen molar-refractivity contribution in [2.24, 2.45) is 0 Å². The van der Waals surface area contributed by atoms with E-state index in [1.54, 1.807) is 35.6 Å². The van der Waals surface area contributed by atoms with Crippen LogP contribution in [0.4, 0.5) is 5.13 Å². The smallest absolute Gasteiger partial charge is 0.260 e. The van der Waals surface area contributed by atoms with Crippen LogP contribution >= 0.6 is 22.9 Å². The first kappa shape index (κ1) is 20.0. The molecule has 1 aliphatic rings. The molecule has 2 aromatic carbocycles. The predicted molar refractivity (Wildman–Crippen MR) is 119 cm³/mol. The van der Waals surface area contributed by atoms with Crippen LogP contribution in [-0.4, -0.2) is 48.6 Å². The molecule has 1 aromatic heterocycles. The van der Waals surface area contributed by atoms with Gasteiger partial charge in [-0.1, -0.05) is 48.9 Å². The highest BCUT2D eigenvalue weighted by atomic mass is 35.5. The fraction of sp³-hybridized carbons (Fsp3) is 0.364. The number of amides is 1. The monoisotopic (exact) mass is 429 g/mol. The van der Waals surface area contributed by atoms with Crippen LogP contribution in [0, 0.1) is 0 Å². The zero-order valence-electron chi connectivity index (χ0n) is 16.6. The summed E-state index contributed by atoms with van der Waals surface area (Å²) in [7, 11) is 0. The third-order valence-corrected chi connectivity index (χ3v) is 6.47. The van der Waals surface area contributed by atoms with E-state index in [1.807, 2.05) is 4.90 Å². The molecule has 2 heterocycles. The number of carbonyl (C=O) groups excluding carboxylic acids is 1. The lowest BCUT2D eigenvalue weighted by Gasteiger charge is -2.34. The summed E-state index contributed by atoms with van der Waals surface area (Å²) >= 11 is 7.60. The summed E-state index contributed by atoms with van der Waals surface area (Å²) < 4.78 is 6.81. The molecule has 0 atom stereocenters. The molecular formula is C22H24ClN3O2S. The van der Waals surface area contributed by atoms with Crippen molar-refractivity contribution < 1.29 is 9.53 Å². The van der Waals surface area contributed by atoms with E-state index in [2.05, 4.69) is 36.9 Å². The van der Waals surface area contributed by atoms with Crippen molar-refractivity contribution in [3.05, 3.63) is 53.1 Å². The van der Waals surface area contributed by atoms with Gasteiger partial charge in [0.15, 0.2) is 11.7 Å². The Morgan fingerprint density at radius 3 is 2.55 bits per heavy atom. The number of aromatic nitrogens is 1. The summed E-state index contributed by atoms with van der Waals surface area (Å²) in [5.74, 6) is 1.10. The fourth-order valence-corrected chi connectivity index (χ4v) is 4.65. The molecule has 152 valence electrons. The Morgan fingerprint density at radius 1 is 1.14 bits per heavy atom. The molecule has 1 aliphatic heterocycles. The molecule has 0 radical (unpaired) electrons. The third kappa shape index (κ3) is 4.49. The molecule has 0 saturated carbocycles. The van der Waals surface area contributed by atoms with Gasteiger partial charge in [0.25, 0.3) is 5.91 Å². The van der Waals surface area contributed by atoms with Gasteiger partial charge in [0.05, 0.1) is 10.2 Å². The number of halogens is 1. The standard InChI is InChI=1S/C22H24ClN3O2S/c1-15(2)18-4-3-5-19-21(18)24-22(29-19)26-12-10-25(11-13-26)20(27)14-28-17-8-6-16(23)7-9-17/h3-9,15H,10-14H2,1-2H3. The number of para-hydroxylation sites is 1. The normalized spacial score (nSPS) is 14.6. The van der Waals surface area contributed by atoms with Crippen molar-refractivity contribution in [2.75, 3.05) is 37.7 Å². The molecule has 0 N–H and O–H groups in total. The van der Waals surface area contributed by atoms with E-state index in [0.29, 0.717) is 29.8 Å². The minimum absolute atomic E-state index is 0.00555. The molecule has 0 unspecified atom stereocenters. The van der Waals surface area contributed by atoms with Crippen LogP contribution in [0.15, 0.2) is 42.5 Å². The van der Waals surface area contributed by atoms with E-state index >= 15 is 0 Å². The number of fused-ring (bicyclic) bond motifs is 1. The van der Waals surface area contributed by atoms with Crippen molar-refractivity contribution in [1.29, 1.82) is 0 Å². The highest BCUT2D eigenvalue weighted by Gasteiger charge is 2.24. The first-order chi connectivity index (χ1) is 14.0. The van der Waals surface area contributed by atoms with E-state index in [9.17, 15) is 4.79 Å². The quantitative estimate of drug-likeness (QED) is 0.584. The average Bonchev–Trinajstić information content (AvgIpc) is 3.17. The summed E-state index contributed by atoms with van der Waals surface area (Å²) in [5, 5.41) is 1.69. The minimum atomic E-state index is 0.00555. The van der Waals surface area contributed by atoms with E-state index in [1.165, 1.54) is 10.3 Å². The molecule has 1 saturated heterocycles. The lowest BCUT2D eigenvalue weighted by molar-refractivity contribution is -0.133. The molecule has 0 spiro atoms. The Balaban J connectivity index is 1.35. The Bertz CT molecular complexity index is 995. The van der Waals surface area contributed by atoms with Gasteiger partial charge < -0.3 is 14.5 Å². The van der Waals surface area contributed by atoms with Crippen molar-refractivity contribution in [2.45, 2.75) is 19.8 Å². The van der Waals surface area contributed by atoms with Gasteiger partial charge in [0.2, 0.25) is 0 Å². The summed E-state index contributed by atoms with van der Waals surface area (Å²) in [6.45, 7) is 7.35. The van der Waals surface area contributed by atoms with Gasteiger partial charge in [0.1, 0.15) is 5.75 Å². The Labute approximate surface area is 179 Å². The van der Waals surface area contributed by atoms with Crippen LogP contribution in [-0.2, 0) is 4.79 Å². The lowest BCUT2D eigenvalue weighted by Crippen LogP contribution is -2.50. The van der Waals surface area contributed by atoms with Gasteiger partial charge >= 0.3 is 0 Å². The van der Waals surface area contributed by atoms with Crippen molar-refractivity contribution in [3.8, 4) is 5.75 Å². The van der Waals surface area contributed by atoms with Crippen LogP contribution in [0.2, 0.25) is 5.02 Å². The third-order valence-electron chi connectivity index (χ3n) is 5.14. The van der Waals surface area contributed by atoms with Gasteiger partial charge in [-0.05, 0) is 41.8 Å². The maximum atomic E-state index is 12.5. The highest BCUT2D eigenvalue weighted by Crippen LogP contribution is 2.33. The second-order valence-corrected chi connectivity index (χ2v) is 8.90. The number of carbonyl (C=O) groups is 1. The second-order valence-electron chi connectivity index (χ2n) is 7.46. The largest absolute Gasteiger partial charge is 0.484 e. The predicted octanol–water partition coefficient (Wildman–Crippen LogP) is 4.80. The molecule has 0 aliphatic carbocycles. The van der Waals surface area contributed by atoms with Crippen LogP contribution in [0.25, 0.3) is 10.2 Å². The maximum absolute atomic E-state index is 12.5. The summed E-state index contributed by atoms with van der Waals surface area (Å²) in [4.78, 5) is 21.5. The number of hydrogen-bond acceptors (Lipinski definition) is 5. The summed E-state index contributed by atoms with van der Waals surface area (Å²) in [6, 6.07) is 13.4. The zero-order valence-corrected chi connectivity index (χ0v) is 18.2. The number of benzene rings is 2. The van der Waals surface area contributed by atoms with E-state index in [4.69, 9.17) is 21.3 Å². The van der Waals surface area contributed by atoms with Crippen LogP contribution < -0.4 is 9.64 Å². The van der Waals surface area contributed by atoms with Crippen molar-refractivity contribution in [3.63, 3.8) is 0 Å². The highest BCUT2D eigenvalue weighted by molar-refractivity contribution is 7.22. The number of thiazole rings is 1. The SMILES string of the molecule is CC(C)c1cccc2sc(N3CCN(C(=O)COc4ccc(Cl)cc4)CC3)nc12. The van der Waals surface area contributed by atoms with Gasteiger partial charge in [-0.15, -0.1) is 0 Å². The zero-order chi connectivity index (χ0) is 20.4. The van der Waals surface area contributed by atoms with Gasteiger partial charge in [0, 0.05) is 31.2 Å². The lowest BCUT2D eigenvalue weighted by atomic mass is 10.0. The van der Waals surface area contributed by atoms with E-state index in [-0.39, 0.29) is 12.5 Å². The van der Waals surface area contributed by atoms with Crippen LogP contribution in [0.5, 0.6) is 5.75 Å². The Morgan fingerprint density at radius 2 is 1.86 bits per heavy atom. The van der Waals surface area contributed by atoms with Crippen LogP contribution in [0.1, 0.15) is 25.3 Å². The summed E-state index contributed by atoms with van der Waals surface area (Å²) in [6.07, 6.45) is 0. The van der Waals surface area contributed by atoms with Crippen molar-refractivity contribution in [1.82, 2.24) is 9.88 Å². The van der Waals surface area contributed by atoms with Crippen molar-refractivity contribution >= 4 is 44.2 Å². The van der Waals surface area contributed by atoms with Crippen LogP contribution in [0.3, 0.4) is 0 Å². The van der Waals surface area contributed by atoms with Gasteiger partial charge in [-0.25, -0.2) is 4.98 Å². The molecule has 0 bridgehead atoms. The van der Waals surface area contributed by atoms with Gasteiger partial charge in [-0.2, -0.15) is 0 Å². The molecule has 29 heavy (non-hydrogen) atoms. The number of ether oxygens (including phenoxy) is 1. The number of anilines is 1. The minimum Gasteiger partial charge on any atom is -0.484 e. The summed E-state index contributed by atoms with van der Waals surface area (Å²) in [5.41, 5.74) is 2.40. The number of rotatable bonds is 5. The second kappa shape index (κ2) is 8.59. The molecule has 7 heteroatoms. The van der Waals surface area contributed by atoms with E-state index in [0.717, 1.165) is 23.7 Å². The first-order valence-corrected chi connectivity index (χ1v) is 11.0. The number of nitrogens with zero attached hydrogens (tertiary/aromatic N) is 3. The molecule has 4 rings (SSSR count). The van der Waals surface area contributed by atoms with E-state index < -0.39 is 0 Å². The maximum Gasteiger partial charge on any atom is 0.260 e.